The van der Waals surface area contributed by atoms with Crippen LogP contribution in [0.2, 0.25) is 5.02 Å². The van der Waals surface area contributed by atoms with Gasteiger partial charge in [0.15, 0.2) is 11.6 Å². The first-order valence-electron chi connectivity index (χ1n) is 7.59. The molecule has 0 saturated heterocycles. The smallest absolute Gasteiger partial charge is 0.161 e. The van der Waals surface area contributed by atoms with Crippen LogP contribution in [-0.2, 0) is 0 Å². The Bertz CT molecular complexity index is 1080. The zero-order valence-corrected chi connectivity index (χ0v) is 13.9. The van der Waals surface area contributed by atoms with E-state index in [1.807, 2.05) is 18.2 Å². The first-order chi connectivity index (χ1) is 12.0. The van der Waals surface area contributed by atoms with Gasteiger partial charge in [-0.2, -0.15) is 5.10 Å². The average molecular weight is 356 g/mol. The quantitative estimate of drug-likeness (QED) is 0.486. The molecule has 0 bridgehead atoms. The predicted octanol–water partition coefficient (Wildman–Crippen LogP) is 5.33. The van der Waals surface area contributed by atoms with Crippen LogP contribution in [0.3, 0.4) is 0 Å². The summed E-state index contributed by atoms with van der Waals surface area (Å²) in [5, 5.41) is 5.72. The molecule has 0 N–H and O–H groups in total. The van der Waals surface area contributed by atoms with Gasteiger partial charge in [0.2, 0.25) is 0 Å². The van der Waals surface area contributed by atoms with Crippen molar-refractivity contribution in [1.29, 1.82) is 0 Å². The summed E-state index contributed by atoms with van der Waals surface area (Å²) in [7, 11) is 0. The zero-order valence-electron chi connectivity index (χ0n) is 13.2. The topological polar surface area (TPSA) is 30.7 Å². The fraction of sp³-hybridized carbons (Fsp3) is 0.0526. The van der Waals surface area contributed by atoms with Crippen LogP contribution in [0.15, 0.2) is 54.9 Å². The molecule has 0 aliphatic heterocycles. The minimum atomic E-state index is -0.893. The van der Waals surface area contributed by atoms with Crippen LogP contribution < -0.4 is 0 Å². The minimum Gasteiger partial charge on any atom is -0.255 e. The summed E-state index contributed by atoms with van der Waals surface area (Å²) in [6, 6.07) is 11.9. The van der Waals surface area contributed by atoms with Gasteiger partial charge in [-0.25, -0.2) is 13.5 Å². The Labute approximate surface area is 147 Å². The molecule has 0 saturated carbocycles. The van der Waals surface area contributed by atoms with Crippen molar-refractivity contribution in [2.45, 2.75) is 6.92 Å². The molecular formula is C19H12ClF2N3. The molecule has 0 aliphatic carbocycles. The molecule has 2 aromatic heterocycles. The van der Waals surface area contributed by atoms with E-state index in [0.29, 0.717) is 16.4 Å². The fourth-order valence-corrected chi connectivity index (χ4v) is 3.05. The van der Waals surface area contributed by atoms with Crippen molar-refractivity contribution in [2.24, 2.45) is 0 Å². The average Bonchev–Trinajstić information content (AvgIpc) is 3.03. The molecule has 0 atom stereocenters. The van der Waals surface area contributed by atoms with E-state index in [1.54, 1.807) is 35.3 Å². The molecule has 0 aliphatic rings. The summed E-state index contributed by atoms with van der Waals surface area (Å²) in [4.78, 5) is 4.30. The predicted molar refractivity (Wildman–Crippen MR) is 94.0 cm³/mol. The molecule has 124 valence electrons. The first kappa shape index (κ1) is 15.7. The highest BCUT2D eigenvalue weighted by Gasteiger charge is 2.13. The molecule has 0 radical (unpaired) electrons. The van der Waals surface area contributed by atoms with Crippen LogP contribution in [-0.4, -0.2) is 14.8 Å². The number of aromatic nitrogens is 3. The number of benzene rings is 2. The van der Waals surface area contributed by atoms with Crippen LogP contribution in [0.5, 0.6) is 0 Å². The van der Waals surface area contributed by atoms with Gasteiger partial charge in [0.1, 0.15) is 0 Å². The lowest BCUT2D eigenvalue weighted by molar-refractivity contribution is 0.502. The van der Waals surface area contributed by atoms with Crippen molar-refractivity contribution in [3.05, 3.63) is 77.1 Å². The zero-order chi connectivity index (χ0) is 17.6. The Morgan fingerprint density at radius 1 is 1.08 bits per heavy atom. The molecule has 6 heteroatoms. The minimum absolute atomic E-state index is 0.232. The number of aryl methyl sites for hydroxylation is 1. The molecule has 4 rings (SSSR count). The maximum absolute atomic E-state index is 13.7. The van der Waals surface area contributed by atoms with Crippen molar-refractivity contribution in [1.82, 2.24) is 14.8 Å². The number of nitrogens with zero attached hydrogens (tertiary/aromatic N) is 3. The highest BCUT2D eigenvalue weighted by molar-refractivity contribution is 6.33. The van der Waals surface area contributed by atoms with Crippen molar-refractivity contribution < 1.29 is 8.78 Å². The lowest BCUT2D eigenvalue weighted by Gasteiger charge is -2.07. The molecule has 2 heterocycles. The van der Waals surface area contributed by atoms with Gasteiger partial charge in [-0.3, -0.25) is 4.98 Å². The Hall–Kier alpha value is -2.79. The van der Waals surface area contributed by atoms with Crippen LogP contribution in [0.1, 0.15) is 5.56 Å². The standard InChI is InChI=1S/C19H12ClF2N3/c1-11-7-14(9-16(21)18(11)22)25-17-5-4-12(8-13(17)10-24-25)19-15(20)3-2-6-23-19/h2-10H,1H3. The molecule has 0 amide bonds. The summed E-state index contributed by atoms with van der Waals surface area (Å²) in [5.74, 6) is -1.73. The second-order valence-corrected chi connectivity index (χ2v) is 6.13. The molecular weight excluding hydrogens is 344 g/mol. The number of fused-ring (bicyclic) bond motifs is 1. The molecule has 3 nitrogen and oxygen atoms in total. The van der Waals surface area contributed by atoms with Gasteiger partial charge in [0.25, 0.3) is 0 Å². The lowest BCUT2D eigenvalue weighted by Crippen LogP contribution is -2.00. The Morgan fingerprint density at radius 2 is 1.92 bits per heavy atom. The largest absolute Gasteiger partial charge is 0.255 e. The van der Waals surface area contributed by atoms with Gasteiger partial charge in [0.05, 0.1) is 28.1 Å². The van der Waals surface area contributed by atoms with Gasteiger partial charge in [0, 0.05) is 23.2 Å². The number of pyridine rings is 1. The van der Waals surface area contributed by atoms with Crippen molar-refractivity contribution in [2.75, 3.05) is 0 Å². The van der Waals surface area contributed by atoms with Crippen molar-refractivity contribution >= 4 is 22.5 Å². The van der Waals surface area contributed by atoms with Gasteiger partial charge in [-0.15, -0.1) is 0 Å². The van der Waals surface area contributed by atoms with E-state index >= 15 is 0 Å². The second-order valence-electron chi connectivity index (χ2n) is 5.72. The van der Waals surface area contributed by atoms with E-state index in [0.717, 1.165) is 22.5 Å². The maximum Gasteiger partial charge on any atom is 0.161 e. The summed E-state index contributed by atoms with van der Waals surface area (Å²) in [6.45, 7) is 1.52. The first-order valence-corrected chi connectivity index (χ1v) is 7.97. The van der Waals surface area contributed by atoms with E-state index in [-0.39, 0.29) is 5.56 Å². The summed E-state index contributed by atoms with van der Waals surface area (Å²) >= 11 is 6.20. The van der Waals surface area contributed by atoms with Gasteiger partial charge >= 0.3 is 0 Å². The van der Waals surface area contributed by atoms with Gasteiger partial charge < -0.3 is 0 Å². The fourth-order valence-electron chi connectivity index (χ4n) is 2.81. The Morgan fingerprint density at radius 3 is 2.68 bits per heavy atom. The maximum atomic E-state index is 13.7. The van der Waals surface area contributed by atoms with E-state index in [1.165, 1.54) is 6.92 Å². The van der Waals surface area contributed by atoms with E-state index in [4.69, 9.17) is 11.6 Å². The number of halogens is 3. The molecule has 2 aromatic carbocycles. The Kier molecular flexibility index (Phi) is 3.73. The van der Waals surface area contributed by atoms with Crippen LogP contribution in [0, 0.1) is 18.6 Å². The monoisotopic (exact) mass is 355 g/mol. The third-order valence-corrected chi connectivity index (χ3v) is 4.34. The highest BCUT2D eigenvalue weighted by Crippen LogP contribution is 2.29. The molecule has 25 heavy (non-hydrogen) atoms. The van der Waals surface area contributed by atoms with Crippen molar-refractivity contribution in [3.63, 3.8) is 0 Å². The molecule has 0 unspecified atom stereocenters. The normalized spacial score (nSPS) is 11.2. The Balaban J connectivity index is 1.85. The van der Waals surface area contributed by atoms with Crippen LogP contribution in [0.25, 0.3) is 27.8 Å². The number of hydrogen-bond donors (Lipinski definition) is 0. The van der Waals surface area contributed by atoms with Crippen LogP contribution >= 0.6 is 11.6 Å². The van der Waals surface area contributed by atoms with Crippen molar-refractivity contribution in [3.8, 4) is 16.9 Å². The third kappa shape index (κ3) is 2.66. The third-order valence-electron chi connectivity index (χ3n) is 4.04. The summed E-state index contributed by atoms with van der Waals surface area (Å²) in [5.41, 5.74) is 3.02. The second kappa shape index (κ2) is 5.93. The highest BCUT2D eigenvalue weighted by atomic mass is 35.5. The lowest BCUT2D eigenvalue weighted by atomic mass is 10.1. The summed E-state index contributed by atoms with van der Waals surface area (Å²) < 4.78 is 28.8. The SMILES string of the molecule is Cc1cc(-n2ncc3cc(-c4ncccc4Cl)ccc32)cc(F)c1F. The summed E-state index contributed by atoms with van der Waals surface area (Å²) in [6.07, 6.45) is 3.35. The van der Waals surface area contributed by atoms with Crippen LogP contribution in [0.4, 0.5) is 8.78 Å². The molecule has 4 aromatic rings. The van der Waals surface area contributed by atoms with E-state index < -0.39 is 11.6 Å². The number of hydrogen-bond acceptors (Lipinski definition) is 2. The van der Waals surface area contributed by atoms with E-state index in [9.17, 15) is 8.78 Å². The molecule has 0 fully saturated rings. The molecule has 0 spiro atoms. The number of rotatable bonds is 2. The van der Waals surface area contributed by atoms with Gasteiger partial charge in [-0.1, -0.05) is 17.7 Å². The van der Waals surface area contributed by atoms with E-state index in [2.05, 4.69) is 10.1 Å². The van der Waals surface area contributed by atoms with Gasteiger partial charge in [-0.05, 0) is 42.8 Å².